The molecule has 1 amide bonds. The molecule has 0 saturated carbocycles. The van der Waals surface area contributed by atoms with Gasteiger partial charge in [0, 0.05) is 57.7 Å². The number of aromatic nitrogens is 1. The zero-order valence-corrected chi connectivity index (χ0v) is 13.5. The zero-order chi connectivity index (χ0) is 16.2. The standard InChI is InChI=1S/C17H24N4O2/c1-19-7-9-20(10-8-19)15-12-21(13-16(15)22)17(23)5-4-14-3-2-6-18-11-14/h2-6,11,15-16,22H,7-10,12-13H2,1H3/b5-4+/t15-,16-/m1/s1. The molecule has 2 saturated heterocycles. The fourth-order valence-electron chi connectivity index (χ4n) is 3.21. The van der Waals surface area contributed by atoms with Crippen molar-refractivity contribution < 1.29 is 9.90 Å². The highest BCUT2D eigenvalue weighted by atomic mass is 16.3. The van der Waals surface area contributed by atoms with Gasteiger partial charge in [-0.15, -0.1) is 0 Å². The third-order valence-electron chi connectivity index (χ3n) is 4.68. The second kappa shape index (κ2) is 7.21. The van der Waals surface area contributed by atoms with Crippen LogP contribution in [0.5, 0.6) is 0 Å². The van der Waals surface area contributed by atoms with Crippen LogP contribution < -0.4 is 0 Å². The summed E-state index contributed by atoms with van der Waals surface area (Å²) < 4.78 is 0. The number of likely N-dealkylation sites (tertiary alicyclic amines) is 1. The molecule has 2 fully saturated rings. The Morgan fingerprint density at radius 3 is 2.78 bits per heavy atom. The SMILES string of the molecule is CN1CCN([C@@H]2CN(C(=O)/C=C/c3cccnc3)C[C@H]2O)CC1. The van der Waals surface area contributed by atoms with Crippen LogP contribution in [0.4, 0.5) is 0 Å². The van der Waals surface area contributed by atoms with Crippen LogP contribution in [0, 0.1) is 0 Å². The summed E-state index contributed by atoms with van der Waals surface area (Å²) in [5.41, 5.74) is 0.899. The van der Waals surface area contributed by atoms with Crippen molar-refractivity contribution in [2.75, 3.05) is 46.3 Å². The summed E-state index contributed by atoms with van der Waals surface area (Å²) in [6, 6.07) is 3.80. The smallest absolute Gasteiger partial charge is 0.246 e. The van der Waals surface area contributed by atoms with E-state index in [-0.39, 0.29) is 11.9 Å². The van der Waals surface area contributed by atoms with E-state index in [1.165, 1.54) is 0 Å². The predicted octanol–water partition coefficient (Wildman–Crippen LogP) is -0.0861. The molecule has 6 nitrogen and oxygen atoms in total. The Balaban J connectivity index is 1.57. The molecule has 3 heterocycles. The lowest BCUT2D eigenvalue weighted by Crippen LogP contribution is -2.52. The molecule has 1 aromatic heterocycles. The number of hydrogen-bond acceptors (Lipinski definition) is 5. The van der Waals surface area contributed by atoms with E-state index in [2.05, 4.69) is 21.8 Å². The topological polar surface area (TPSA) is 59.9 Å². The molecule has 6 heteroatoms. The molecule has 1 aromatic rings. The molecule has 124 valence electrons. The average molecular weight is 316 g/mol. The fraction of sp³-hybridized carbons (Fsp3) is 0.529. The number of pyridine rings is 1. The number of aliphatic hydroxyl groups is 1. The molecule has 3 rings (SSSR count). The van der Waals surface area contributed by atoms with Crippen LogP contribution in [-0.2, 0) is 4.79 Å². The van der Waals surface area contributed by atoms with Crippen molar-refractivity contribution >= 4 is 12.0 Å². The summed E-state index contributed by atoms with van der Waals surface area (Å²) in [5.74, 6) is -0.0514. The van der Waals surface area contributed by atoms with Crippen LogP contribution in [0.3, 0.4) is 0 Å². The monoisotopic (exact) mass is 316 g/mol. The number of amides is 1. The Bertz CT molecular complexity index is 555. The summed E-state index contributed by atoms with van der Waals surface area (Å²) in [7, 11) is 2.11. The van der Waals surface area contributed by atoms with Gasteiger partial charge < -0.3 is 14.9 Å². The van der Waals surface area contributed by atoms with Crippen molar-refractivity contribution in [3.05, 3.63) is 36.2 Å². The van der Waals surface area contributed by atoms with Crippen LogP contribution in [0.25, 0.3) is 6.08 Å². The molecule has 0 unspecified atom stereocenters. The van der Waals surface area contributed by atoms with Gasteiger partial charge in [0.1, 0.15) is 0 Å². The first-order chi connectivity index (χ1) is 11.1. The highest BCUT2D eigenvalue weighted by molar-refractivity contribution is 5.92. The van der Waals surface area contributed by atoms with Crippen molar-refractivity contribution in [3.63, 3.8) is 0 Å². The largest absolute Gasteiger partial charge is 0.390 e. The second-order valence-electron chi connectivity index (χ2n) is 6.34. The maximum atomic E-state index is 12.3. The lowest BCUT2D eigenvalue weighted by atomic mass is 10.1. The quantitative estimate of drug-likeness (QED) is 0.790. The number of carbonyl (C=O) groups is 1. The van der Waals surface area contributed by atoms with E-state index >= 15 is 0 Å². The highest BCUT2D eigenvalue weighted by Crippen LogP contribution is 2.18. The molecule has 0 bridgehead atoms. The molecule has 1 N–H and O–H groups in total. The predicted molar refractivity (Wildman–Crippen MR) is 88.7 cm³/mol. The molecule has 2 atom stereocenters. The van der Waals surface area contributed by atoms with Gasteiger partial charge in [0.15, 0.2) is 0 Å². The zero-order valence-electron chi connectivity index (χ0n) is 13.5. The van der Waals surface area contributed by atoms with Gasteiger partial charge >= 0.3 is 0 Å². The highest BCUT2D eigenvalue weighted by Gasteiger charge is 2.37. The summed E-state index contributed by atoms with van der Waals surface area (Å²) >= 11 is 0. The number of aliphatic hydroxyl groups excluding tert-OH is 1. The fourth-order valence-corrected chi connectivity index (χ4v) is 3.21. The van der Waals surface area contributed by atoms with E-state index in [9.17, 15) is 9.90 Å². The van der Waals surface area contributed by atoms with Crippen LogP contribution in [0.15, 0.2) is 30.6 Å². The van der Waals surface area contributed by atoms with Crippen molar-refractivity contribution in [3.8, 4) is 0 Å². The van der Waals surface area contributed by atoms with E-state index in [1.807, 2.05) is 12.1 Å². The van der Waals surface area contributed by atoms with Gasteiger partial charge in [-0.1, -0.05) is 6.07 Å². The Labute approximate surface area is 137 Å². The minimum absolute atomic E-state index is 0.0514. The number of piperazine rings is 1. The van der Waals surface area contributed by atoms with E-state index in [4.69, 9.17) is 0 Å². The summed E-state index contributed by atoms with van der Waals surface area (Å²) in [6.45, 7) is 4.93. The van der Waals surface area contributed by atoms with Crippen molar-refractivity contribution in [2.24, 2.45) is 0 Å². The first kappa shape index (κ1) is 16.1. The van der Waals surface area contributed by atoms with Gasteiger partial charge in [-0.05, 0) is 24.8 Å². The van der Waals surface area contributed by atoms with Gasteiger partial charge in [0.05, 0.1) is 12.1 Å². The average Bonchev–Trinajstić information content (AvgIpc) is 2.96. The Hall–Kier alpha value is -1.76. The van der Waals surface area contributed by atoms with Gasteiger partial charge in [-0.2, -0.15) is 0 Å². The van der Waals surface area contributed by atoms with Gasteiger partial charge in [-0.3, -0.25) is 14.7 Å². The molecule has 0 radical (unpaired) electrons. The van der Waals surface area contributed by atoms with Crippen molar-refractivity contribution in [1.82, 2.24) is 19.7 Å². The molecular weight excluding hydrogens is 292 g/mol. The van der Waals surface area contributed by atoms with Gasteiger partial charge in [-0.25, -0.2) is 0 Å². The maximum Gasteiger partial charge on any atom is 0.246 e. The Morgan fingerprint density at radius 1 is 1.30 bits per heavy atom. The number of β-amino-alcohol motifs (C(OH)–C–C–N with tert-alkyl or cyclic N) is 1. The third kappa shape index (κ3) is 3.96. The van der Waals surface area contributed by atoms with Crippen LogP contribution in [0.2, 0.25) is 0 Å². The first-order valence-electron chi connectivity index (χ1n) is 8.11. The summed E-state index contributed by atoms with van der Waals surface area (Å²) in [4.78, 5) is 22.7. The number of hydrogen-bond donors (Lipinski definition) is 1. The number of likely N-dealkylation sites (N-methyl/N-ethyl adjacent to an activating group) is 1. The number of rotatable bonds is 3. The van der Waals surface area contributed by atoms with Crippen molar-refractivity contribution in [2.45, 2.75) is 12.1 Å². The minimum atomic E-state index is -0.464. The summed E-state index contributed by atoms with van der Waals surface area (Å²) in [6.07, 6.45) is 6.29. The van der Waals surface area contributed by atoms with Crippen LogP contribution >= 0.6 is 0 Å². The third-order valence-corrected chi connectivity index (χ3v) is 4.68. The number of nitrogens with zero attached hydrogens (tertiary/aromatic N) is 4. The molecular formula is C17H24N4O2. The maximum absolute atomic E-state index is 12.3. The lowest BCUT2D eigenvalue weighted by molar-refractivity contribution is -0.125. The van der Waals surface area contributed by atoms with Gasteiger partial charge in [0.25, 0.3) is 0 Å². The second-order valence-corrected chi connectivity index (χ2v) is 6.34. The molecule has 2 aliphatic rings. The molecule has 23 heavy (non-hydrogen) atoms. The normalized spacial score (nSPS) is 27.0. The Morgan fingerprint density at radius 2 is 2.09 bits per heavy atom. The molecule has 0 aliphatic carbocycles. The lowest BCUT2D eigenvalue weighted by Gasteiger charge is -2.37. The van der Waals surface area contributed by atoms with Crippen molar-refractivity contribution in [1.29, 1.82) is 0 Å². The Kier molecular flexibility index (Phi) is 5.05. The summed E-state index contributed by atoms with van der Waals surface area (Å²) in [5, 5.41) is 10.3. The molecule has 2 aliphatic heterocycles. The minimum Gasteiger partial charge on any atom is -0.390 e. The number of carbonyl (C=O) groups excluding carboxylic acids is 1. The van der Waals surface area contributed by atoms with Gasteiger partial charge in [0.2, 0.25) is 5.91 Å². The van der Waals surface area contributed by atoms with E-state index in [0.29, 0.717) is 13.1 Å². The van der Waals surface area contributed by atoms with Crippen LogP contribution in [0.1, 0.15) is 5.56 Å². The molecule has 0 spiro atoms. The van der Waals surface area contributed by atoms with E-state index < -0.39 is 6.10 Å². The molecule has 0 aromatic carbocycles. The first-order valence-corrected chi connectivity index (χ1v) is 8.11. The van der Waals surface area contributed by atoms with Crippen LogP contribution in [-0.4, -0.2) is 89.2 Å². The van der Waals surface area contributed by atoms with E-state index in [0.717, 1.165) is 31.7 Å². The van der Waals surface area contributed by atoms with E-state index in [1.54, 1.807) is 29.4 Å².